The SMILES string of the molecule is Cc1ccc(NC(=O)c2cccc(N3C(=O)c4ccc(Oc5cccc([N+](=O)[O-])c5)cc4C3=O)c2)cc1C. The molecule has 4 aromatic carbocycles. The van der Waals surface area contributed by atoms with Crippen LogP contribution in [0.25, 0.3) is 0 Å². The lowest BCUT2D eigenvalue weighted by Gasteiger charge is -2.15. The highest BCUT2D eigenvalue weighted by atomic mass is 16.6. The number of nitrogens with zero attached hydrogens (tertiary/aromatic N) is 2. The molecule has 0 unspecified atom stereocenters. The van der Waals surface area contributed by atoms with Crippen molar-refractivity contribution >= 4 is 34.8 Å². The quantitative estimate of drug-likeness (QED) is 0.193. The number of fused-ring (bicyclic) bond motifs is 1. The van der Waals surface area contributed by atoms with Crippen molar-refractivity contribution in [3.8, 4) is 11.5 Å². The van der Waals surface area contributed by atoms with Crippen molar-refractivity contribution in [2.75, 3.05) is 10.2 Å². The van der Waals surface area contributed by atoms with Gasteiger partial charge in [-0.05, 0) is 79.6 Å². The van der Waals surface area contributed by atoms with Gasteiger partial charge in [-0.1, -0.05) is 18.2 Å². The Kier molecular flexibility index (Phi) is 6.18. The molecule has 0 aromatic heterocycles. The molecule has 0 radical (unpaired) electrons. The van der Waals surface area contributed by atoms with Gasteiger partial charge >= 0.3 is 0 Å². The van der Waals surface area contributed by atoms with E-state index in [4.69, 9.17) is 4.74 Å². The van der Waals surface area contributed by atoms with Crippen LogP contribution in [-0.2, 0) is 0 Å². The van der Waals surface area contributed by atoms with Gasteiger partial charge in [0.15, 0.2) is 0 Å². The van der Waals surface area contributed by atoms with E-state index in [-0.39, 0.29) is 45.5 Å². The first-order chi connectivity index (χ1) is 18.2. The van der Waals surface area contributed by atoms with Gasteiger partial charge in [-0.3, -0.25) is 24.5 Å². The topological polar surface area (TPSA) is 119 Å². The summed E-state index contributed by atoms with van der Waals surface area (Å²) in [4.78, 5) is 50.8. The van der Waals surface area contributed by atoms with E-state index >= 15 is 0 Å². The highest BCUT2D eigenvalue weighted by molar-refractivity contribution is 6.34. The zero-order valence-electron chi connectivity index (χ0n) is 20.4. The van der Waals surface area contributed by atoms with E-state index in [1.807, 2.05) is 32.0 Å². The van der Waals surface area contributed by atoms with Gasteiger partial charge < -0.3 is 10.1 Å². The number of nitro groups is 1. The zero-order valence-corrected chi connectivity index (χ0v) is 20.4. The Labute approximate surface area is 217 Å². The number of carbonyl (C=O) groups excluding carboxylic acids is 3. The van der Waals surface area contributed by atoms with Crippen molar-refractivity contribution in [1.29, 1.82) is 0 Å². The van der Waals surface area contributed by atoms with Gasteiger partial charge in [0.1, 0.15) is 11.5 Å². The van der Waals surface area contributed by atoms with Gasteiger partial charge in [0.25, 0.3) is 23.4 Å². The van der Waals surface area contributed by atoms with E-state index in [0.29, 0.717) is 5.69 Å². The van der Waals surface area contributed by atoms with E-state index in [1.54, 1.807) is 24.3 Å². The lowest BCUT2D eigenvalue weighted by Crippen LogP contribution is -2.29. The molecule has 38 heavy (non-hydrogen) atoms. The number of rotatable bonds is 6. The summed E-state index contributed by atoms with van der Waals surface area (Å²) >= 11 is 0. The molecule has 1 N–H and O–H groups in total. The van der Waals surface area contributed by atoms with Crippen molar-refractivity contribution in [2.45, 2.75) is 13.8 Å². The molecule has 5 rings (SSSR count). The third kappa shape index (κ3) is 4.60. The Morgan fingerprint density at radius 3 is 2.32 bits per heavy atom. The second-order valence-electron chi connectivity index (χ2n) is 8.81. The van der Waals surface area contributed by atoms with Crippen LogP contribution in [0.15, 0.2) is 84.9 Å². The van der Waals surface area contributed by atoms with Gasteiger partial charge in [-0.25, -0.2) is 4.90 Å². The molecule has 0 bridgehead atoms. The number of nitrogens with one attached hydrogen (secondary N) is 1. The molecule has 0 saturated heterocycles. The number of benzene rings is 4. The molecule has 9 heteroatoms. The molecular weight excluding hydrogens is 486 g/mol. The molecular formula is C29H21N3O6. The largest absolute Gasteiger partial charge is 0.457 e. The molecule has 0 aliphatic carbocycles. The number of nitro benzene ring substituents is 1. The Hall–Kier alpha value is -5.31. The van der Waals surface area contributed by atoms with Crippen LogP contribution in [0, 0.1) is 24.0 Å². The van der Waals surface area contributed by atoms with Crippen LogP contribution in [0.2, 0.25) is 0 Å². The lowest BCUT2D eigenvalue weighted by atomic mass is 10.1. The molecule has 4 aromatic rings. The molecule has 1 aliphatic heterocycles. The first-order valence-corrected chi connectivity index (χ1v) is 11.6. The van der Waals surface area contributed by atoms with Crippen LogP contribution >= 0.6 is 0 Å². The van der Waals surface area contributed by atoms with Crippen LogP contribution in [-0.4, -0.2) is 22.6 Å². The van der Waals surface area contributed by atoms with Crippen molar-refractivity contribution in [3.63, 3.8) is 0 Å². The Bertz CT molecular complexity index is 1650. The lowest BCUT2D eigenvalue weighted by molar-refractivity contribution is -0.384. The number of imide groups is 1. The number of carbonyl (C=O) groups is 3. The predicted molar refractivity (Wildman–Crippen MR) is 141 cm³/mol. The van der Waals surface area contributed by atoms with Crippen LogP contribution < -0.4 is 15.0 Å². The monoisotopic (exact) mass is 507 g/mol. The summed E-state index contributed by atoms with van der Waals surface area (Å²) in [5, 5.41) is 13.9. The van der Waals surface area contributed by atoms with Crippen LogP contribution in [0.5, 0.6) is 11.5 Å². The highest BCUT2D eigenvalue weighted by Crippen LogP contribution is 2.33. The summed E-state index contributed by atoms with van der Waals surface area (Å²) < 4.78 is 5.70. The summed E-state index contributed by atoms with van der Waals surface area (Å²) in [6, 6.07) is 21.9. The number of non-ortho nitro benzene ring substituents is 1. The van der Waals surface area contributed by atoms with E-state index in [9.17, 15) is 24.5 Å². The Morgan fingerprint density at radius 2 is 1.55 bits per heavy atom. The molecule has 0 spiro atoms. The van der Waals surface area contributed by atoms with Crippen LogP contribution in [0.3, 0.4) is 0 Å². The number of hydrogen-bond acceptors (Lipinski definition) is 6. The minimum Gasteiger partial charge on any atom is -0.457 e. The summed E-state index contributed by atoms with van der Waals surface area (Å²) in [5.41, 5.74) is 3.50. The smallest absolute Gasteiger partial charge is 0.273 e. The normalized spacial score (nSPS) is 12.3. The third-order valence-corrected chi connectivity index (χ3v) is 6.25. The van der Waals surface area contributed by atoms with Gasteiger partial charge in [0.2, 0.25) is 0 Å². The molecule has 188 valence electrons. The average Bonchev–Trinajstić information content (AvgIpc) is 3.15. The zero-order chi connectivity index (χ0) is 27.0. The maximum atomic E-state index is 13.3. The van der Waals surface area contributed by atoms with Crippen molar-refractivity contribution in [3.05, 3.63) is 123 Å². The standard InChI is InChI=1S/C29H21N3O6/c1-17-9-10-20(13-18(17)2)30-27(33)19-5-3-6-21(14-19)31-28(34)25-12-11-24(16-26(25)29(31)35)38-23-8-4-7-22(15-23)32(36)37/h3-16H,1-2H3,(H,30,33). The molecule has 3 amide bonds. The summed E-state index contributed by atoms with van der Waals surface area (Å²) in [5.74, 6) is -1.01. The first kappa shape index (κ1) is 24.4. The van der Waals surface area contributed by atoms with Gasteiger partial charge in [-0.15, -0.1) is 0 Å². The second-order valence-corrected chi connectivity index (χ2v) is 8.81. The molecule has 0 atom stereocenters. The fourth-order valence-electron chi connectivity index (χ4n) is 4.12. The Morgan fingerprint density at radius 1 is 0.816 bits per heavy atom. The van der Waals surface area contributed by atoms with Crippen molar-refractivity contribution in [2.24, 2.45) is 0 Å². The fourth-order valence-corrected chi connectivity index (χ4v) is 4.12. The minimum atomic E-state index is -0.568. The third-order valence-electron chi connectivity index (χ3n) is 6.25. The van der Waals surface area contributed by atoms with E-state index in [2.05, 4.69) is 5.32 Å². The van der Waals surface area contributed by atoms with Gasteiger partial charge in [-0.2, -0.15) is 0 Å². The van der Waals surface area contributed by atoms with E-state index in [1.165, 1.54) is 42.5 Å². The second kappa shape index (κ2) is 9.62. The molecule has 1 aliphatic rings. The molecule has 0 saturated carbocycles. The van der Waals surface area contributed by atoms with Crippen LogP contribution in [0.4, 0.5) is 17.1 Å². The first-order valence-electron chi connectivity index (χ1n) is 11.6. The molecule has 1 heterocycles. The number of hydrogen-bond donors (Lipinski definition) is 1. The summed E-state index contributed by atoms with van der Waals surface area (Å²) in [6.07, 6.45) is 0. The fraction of sp³-hybridized carbons (Fsp3) is 0.0690. The van der Waals surface area contributed by atoms with E-state index in [0.717, 1.165) is 16.0 Å². The maximum absolute atomic E-state index is 13.3. The predicted octanol–water partition coefficient (Wildman–Crippen LogP) is 6.06. The van der Waals surface area contributed by atoms with E-state index < -0.39 is 16.7 Å². The highest BCUT2D eigenvalue weighted by Gasteiger charge is 2.37. The molecule has 0 fully saturated rings. The number of amides is 3. The number of aryl methyl sites for hydroxylation is 2. The van der Waals surface area contributed by atoms with Gasteiger partial charge in [0, 0.05) is 17.3 Å². The van der Waals surface area contributed by atoms with Crippen LogP contribution in [0.1, 0.15) is 42.2 Å². The maximum Gasteiger partial charge on any atom is 0.273 e. The number of ether oxygens (including phenoxy) is 1. The minimum absolute atomic E-state index is 0.128. The molecule has 9 nitrogen and oxygen atoms in total. The van der Waals surface area contributed by atoms with Crippen molar-refractivity contribution < 1.29 is 24.0 Å². The number of anilines is 2. The average molecular weight is 508 g/mol. The summed E-state index contributed by atoms with van der Waals surface area (Å²) in [6.45, 7) is 3.93. The summed E-state index contributed by atoms with van der Waals surface area (Å²) in [7, 11) is 0. The Balaban J connectivity index is 1.38. The van der Waals surface area contributed by atoms with Gasteiger partial charge in [0.05, 0.1) is 27.8 Å². The van der Waals surface area contributed by atoms with Crippen molar-refractivity contribution in [1.82, 2.24) is 0 Å².